The van der Waals surface area contributed by atoms with Gasteiger partial charge in [-0.3, -0.25) is 19.4 Å². The van der Waals surface area contributed by atoms with E-state index in [0.717, 1.165) is 11.1 Å². The lowest BCUT2D eigenvalue weighted by Gasteiger charge is -2.31. The lowest BCUT2D eigenvalue weighted by Crippen LogP contribution is -2.52. The molecule has 1 saturated heterocycles. The standard InChI is InChI=1S/C24H20BrN3O3S/c1-4-7-16-10-15(11-19-22(29)27(2)24(32)28(3)23(19)30)12-20(25)21(16)31-14-18-9-6-5-8-17(18)13-26/h4-6,8-12H,1,7,14H2,2-3H3. The van der Waals surface area contributed by atoms with Crippen LogP contribution in [0.25, 0.3) is 6.08 Å². The number of likely N-dealkylation sites (N-methyl/N-ethyl adjacent to an activating group) is 2. The maximum atomic E-state index is 12.6. The fourth-order valence-corrected chi connectivity index (χ4v) is 4.07. The maximum Gasteiger partial charge on any atom is 0.265 e. The summed E-state index contributed by atoms with van der Waals surface area (Å²) in [5.41, 5.74) is 2.83. The van der Waals surface area contributed by atoms with E-state index >= 15 is 0 Å². The summed E-state index contributed by atoms with van der Waals surface area (Å²) >= 11 is 8.67. The normalized spacial score (nSPS) is 13.8. The summed E-state index contributed by atoms with van der Waals surface area (Å²) in [5.74, 6) is -0.294. The van der Waals surface area contributed by atoms with Crippen molar-refractivity contribution in [3.63, 3.8) is 0 Å². The second-order valence-electron chi connectivity index (χ2n) is 7.11. The largest absolute Gasteiger partial charge is 0.487 e. The fraction of sp³-hybridized carbons (Fsp3) is 0.167. The summed E-state index contributed by atoms with van der Waals surface area (Å²) in [4.78, 5) is 27.8. The number of thiocarbonyl (C=S) groups is 1. The van der Waals surface area contributed by atoms with Crippen molar-refractivity contribution in [2.75, 3.05) is 14.1 Å². The number of benzene rings is 2. The molecule has 0 N–H and O–H groups in total. The first-order chi connectivity index (χ1) is 15.3. The molecule has 0 aliphatic carbocycles. The molecule has 0 bridgehead atoms. The van der Waals surface area contributed by atoms with Crippen molar-refractivity contribution in [2.24, 2.45) is 0 Å². The molecule has 0 unspecified atom stereocenters. The summed E-state index contributed by atoms with van der Waals surface area (Å²) in [6.07, 6.45) is 3.80. The van der Waals surface area contributed by atoms with Gasteiger partial charge in [-0.1, -0.05) is 24.3 Å². The van der Waals surface area contributed by atoms with Crippen LogP contribution in [0.2, 0.25) is 0 Å². The first-order valence-corrected chi connectivity index (χ1v) is 10.8. The first-order valence-electron chi connectivity index (χ1n) is 9.64. The number of nitriles is 1. The van der Waals surface area contributed by atoms with E-state index in [-0.39, 0.29) is 17.3 Å². The van der Waals surface area contributed by atoms with Crippen LogP contribution in [0.1, 0.15) is 22.3 Å². The van der Waals surface area contributed by atoms with Crippen LogP contribution in [0.3, 0.4) is 0 Å². The van der Waals surface area contributed by atoms with E-state index in [9.17, 15) is 14.9 Å². The third kappa shape index (κ3) is 4.64. The summed E-state index contributed by atoms with van der Waals surface area (Å²) in [6.45, 7) is 4.02. The van der Waals surface area contributed by atoms with E-state index in [1.807, 2.05) is 18.2 Å². The van der Waals surface area contributed by atoms with Gasteiger partial charge in [0.1, 0.15) is 17.9 Å². The van der Waals surface area contributed by atoms with Gasteiger partial charge in [-0.25, -0.2) is 0 Å². The zero-order chi connectivity index (χ0) is 23.4. The number of nitrogens with zero attached hydrogens (tertiary/aromatic N) is 3. The highest BCUT2D eigenvalue weighted by Gasteiger charge is 2.35. The van der Waals surface area contributed by atoms with Gasteiger partial charge in [0, 0.05) is 19.7 Å². The Balaban J connectivity index is 1.97. The average Bonchev–Trinajstić information content (AvgIpc) is 2.79. The Kier molecular flexibility index (Phi) is 7.23. The molecule has 2 aromatic rings. The van der Waals surface area contributed by atoms with Crippen LogP contribution < -0.4 is 4.74 Å². The SMILES string of the molecule is C=CCc1cc(C=C2C(=O)N(C)C(=S)N(C)C2=O)cc(Br)c1OCc1ccccc1C#N. The fourth-order valence-electron chi connectivity index (χ4n) is 3.27. The van der Waals surface area contributed by atoms with Crippen LogP contribution in [0.5, 0.6) is 5.75 Å². The molecule has 0 atom stereocenters. The molecule has 3 rings (SSSR count). The Morgan fingerprint density at radius 3 is 2.44 bits per heavy atom. The Morgan fingerprint density at radius 1 is 1.16 bits per heavy atom. The Bertz CT molecular complexity index is 1170. The van der Waals surface area contributed by atoms with Crippen molar-refractivity contribution in [3.05, 3.63) is 81.4 Å². The van der Waals surface area contributed by atoms with E-state index in [4.69, 9.17) is 17.0 Å². The molecule has 1 aliphatic heterocycles. The Hall–Kier alpha value is -3.28. The molecule has 8 heteroatoms. The van der Waals surface area contributed by atoms with Crippen LogP contribution in [0.4, 0.5) is 0 Å². The van der Waals surface area contributed by atoms with Crippen molar-refractivity contribution in [3.8, 4) is 11.8 Å². The third-order valence-corrected chi connectivity index (χ3v) is 6.11. The van der Waals surface area contributed by atoms with Crippen LogP contribution >= 0.6 is 28.1 Å². The van der Waals surface area contributed by atoms with E-state index in [2.05, 4.69) is 28.6 Å². The molecule has 6 nitrogen and oxygen atoms in total. The van der Waals surface area contributed by atoms with Gasteiger partial charge >= 0.3 is 0 Å². The summed E-state index contributed by atoms with van der Waals surface area (Å²) < 4.78 is 6.71. The van der Waals surface area contributed by atoms with Gasteiger partial charge < -0.3 is 4.74 Å². The molecule has 0 spiro atoms. The molecular formula is C24H20BrN3O3S. The minimum Gasteiger partial charge on any atom is -0.487 e. The van der Waals surface area contributed by atoms with Crippen LogP contribution in [0, 0.1) is 11.3 Å². The topological polar surface area (TPSA) is 73.6 Å². The van der Waals surface area contributed by atoms with Crippen molar-refractivity contribution >= 4 is 51.2 Å². The highest BCUT2D eigenvalue weighted by Crippen LogP contribution is 2.33. The molecule has 2 amide bonds. The molecule has 0 radical (unpaired) electrons. The van der Waals surface area contributed by atoms with E-state index in [1.165, 1.54) is 23.9 Å². The second kappa shape index (κ2) is 9.90. The van der Waals surface area contributed by atoms with Gasteiger partial charge in [-0.15, -0.1) is 6.58 Å². The van der Waals surface area contributed by atoms with Crippen molar-refractivity contribution in [1.29, 1.82) is 5.26 Å². The monoisotopic (exact) mass is 509 g/mol. The molecule has 162 valence electrons. The van der Waals surface area contributed by atoms with Crippen molar-refractivity contribution < 1.29 is 14.3 Å². The molecule has 32 heavy (non-hydrogen) atoms. The van der Waals surface area contributed by atoms with E-state index < -0.39 is 11.8 Å². The van der Waals surface area contributed by atoms with Gasteiger partial charge in [0.15, 0.2) is 5.11 Å². The highest BCUT2D eigenvalue weighted by molar-refractivity contribution is 9.10. The molecule has 1 heterocycles. The number of rotatable bonds is 6. The number of hydrogen-bond acceptors (Lipinski definition) is 5. The molecule has 2 aromatic carbocycles. The van der Waals surface area contributed by atoms with E-state index in [0.29, 0.717) is 27.8 Å². The summed E-state index contributed by atoms with van der Waals surface area (Å²) in [7, 11) is 3.08. The van der Waals surface area contributed by atoms with Gasteiger partial charge in [0.2, 0.25) is 0 Å². The highest BCUT2D eigenvalue weighted by atomic mass is 79.9. The molecule has 1 aliphatic rings. The van der Waals surface area contributed by atoms with Crippen molar-refractivity contribution in [2.45, 2.75) is 13.0 Å². The molecule has 0 saturated carbocycles. The number of hydrogen-bond donors (Lipinski definition) is 0. The summed E-state index contributed by atoms with van der Waals surface area (Å²) in [5, 5.41) is 9.45. The summed E-state index contributed by atoms with van der Waals surface area (Å²) in [6, 6.07) is 13.0. The smallest absolute Gasteiger partial charge is 0.265 e. The maximum absolute atomic E-state index is 12.6. The zero-order valence-corrected chi connectivity index (χ0v) is 20.0. The number of carbonyl (C=O) groups is 2. The minimum atomic E-state index is -0.451. The lowest BCUT2D eigenvalue weighted by atomic mass is 10.0. The van der Waals surface area contributed by atoms with Crippen molar-refractivity contribution in [1.82, 2.24) is 9.80 Å². The predicted molar refractivity (Wildman–Crippen MR) is 130 cm³/mol. The van der Waals surface area contributed by atoms with Gasteiger partial charge in [-0.05, 0) is 70.0 Å². The van der Waals surface area contributed by atoms with Gasteiger partial charge in [0.25, 0.3) is 11.8 Å². The van der Waals surface area contributed by atoms with Crippen LogP contribution in [-0.2, 0) is 22.6 Å². The molecule has 1 fully saturated rings. The van der Waals surface area contributed by atoms with Gasteiger partial charge in [0.05, 0.1) is 16.1 Å². The Morgan fingerprint density at radius 2 is 1.81 bits per heavy atom. The average molecular weight is 510 g/mol. The third-order valence-electron chi connectivity index (χ3n) is 4.97. The second-order valence-corrected chi connectivity index (χ2v) is 8.33. The predicted octanol–water partition coefficient (Wildman–Crippen LogP) is 4.23. The number of carbonyl (C=O) groups excluding carboxylic acids is 2. The lowest BCUT2D eigenvalue weighted by molar-refractivity contribution is -0.132. The molecule has 0 aromatic heterocycles. The zero-order valence-electron chi connectivity index (χ0n) is 17.6. The number of allylic oxidation sites excluding steroid dienone is 1. The minimum absolute atomic E-state index is 0.0247. The number of amides is 2. The number of halogens is 1. The van der Waals surface area contributed by atoms with Crippen LogP contribution in [0.15, 0.2) is 59.1 Å². The Labute approximate surface area is 200 Å². The first kappa shape index (κ1) is 23.4. The van der Waals surface area contributed by atoms with E-state index in [1.54, 1.807) is 30.4 Å². The van der Waals surface area contributed by atoms with Crippen LogP contribution in [-0.4, -0.2) is 40.8 Å². The number of ether oxygens (including phenoxy) is 1. The quantitative estimate of drug-likeness (QED) is 0.252. The van der Waals surface area contributed by atoms with Gasteiger partial charge in [-0.2, -0.15) is 5.26 Å². The molecular weight excluding hydrogens is 490 g/mol.